The van der Waals surface area contributed by atoms with Crippen LogP contribution in [0.1, 0.15) is 39.2 Å². The second-order valence-electron chi connectivity index (χ2n) is 7.52. The van der Waals surface area contributed by atoms with Gasteiger partial charge < -0.3 is 20.5 Å². The highest BCUT2D eigenvalue weighted by molar-refractivity contribution is 14.0. The molecule has 1 saturated heterocycles. The van der Waals surface area contributed by atoms with E-state index in [9.17, 15) is 9.50 Å². The maximum Gasteiger partial charge on any atom is 0.191 e. The topological polar surface area (TPSA) is 65.9 Å². The first-order valence-electron chi connectivity index (χ1n) is 9.07. The Morgan fingerprint density at radius 3 is 2.88 bits per heavy atom. The van der Waals surface area contributed by atoms with Crippen molar-refractivity contribution in [3.8, 4) is 5.75 Å². The molecule has 1 saturated carbocycles. The van der Waals surface area contributed by atoms with Crippen LogP contribution in [0.4, 0.5) is 4.39 Å². The van der Waals surface area contributed by atoms with Gasteiger partial charge in [0.25, 0.3) is 0 Å². The average Bonchev–Trinajstić information content (AvgIpc) is 2.60. The largest absolute Gasteiger partial charge is 0.505 e. The highest BCUT2D eigenvalue weighted by Crippen LogP contribution is 2.51. The fourth-order valence-corrected chi connectivity index (χ4v) is 4.10. The van der Waals surface area contributed by atoms with Gasteiger partial charge in [-0.2, -0.15) is 0 Å². The summed E-state index contributed by atoms with van der Waals surface area (Å²) in [5.41, 5.74) is 0.783. The number of phenols is 1. The van der Waals surface area contributed by atoms with Crippen LogP contribution in [0, 0.1) is 17.2 Å². The summed E-state index contributed by atoms with van der Waals surface area (Å²) in [5.74, 6) is 0.294. The fourth-order valence-electron chi connectivity index (χ4n) is 4.10. The molecule has 3 rings (SSSR count). The van der Waals surface area contributed by atoms with Gasteiger partial charge in [-0.15, -0.1) is 24.0 Å². The van der Waals surface area contributed by atoms with Gasteiger partial charge in [0.2, 0.25) is 0 Å². The molecule has 1 aromatic carbocycles. The van der Waals surface area contributed by atoms with Crippen LogP contribution in [0.15, 0.2) is 23.2 Å². The van der Waals surface area contributed by atoms with Crippen molar-refractivity contribution in [1.29, 1.82) is 0 Å². The molecule has 2 aliphatic rings. The summed E-state index contributed by atoms with van der Waals surface area (Å²) >= 11 is 0. The zero-order chi connectivity index (χ0) is 18.0. The first-order valence-corrected chi connectivity index (χ1v) is 9.07. The van der Waals surface area contributed by atoms with Crippen LogP contribution in [-0.2, 0) is 11.3 Å². The van der Waals surface area contributed by atoms with Crippen LogP contribution in [0.2, 0.25) is 0 Å². The predicted octanol–water partition coefficient (Wildman–Crippen LogP) is 3.41. The first kappa shape index (κ1) is 21.2. The molecule has 0 radical (unpaired) electrons. The molecule has 146 valence electrons. The predicted molar refractivity (Wildman–Crippen MR) is 111 cm³/mol. The van der Waals surface area contributed by atoms with Gasteiger partial charge in [-0.1, -0.05) is 19.9 Å². The highest BCUT2D eigenvalue weighted by Gasteiger charge is 2.58. The van der Waals surface area contributed by atoms with Crippen molar-refractivity contribution in [3.63, 3.8) is 0 Å². The van der Waals surface area contributed by atoms with Gasteiger partial charge in [0, 0.05) is 30.5 Å². The van der Waals surface area contributed by atoms with Gasteiger partial charge in [-0.25, -0.2) is 9.38 Å². The van der Waals surface area contributed by atoms with Crippen molar-refractivity contribution in [2.45, 2.75) is 52.3 Å². The number of guanidine groups is 1. The third kappa shape index (κ3) is 4.24. The van der Waals surface area contributed by atoms with Crippen LogP contribution in [0.3, 0.4) is 0 Å². The molecular weight excluding hydrogens is 448 g/mol. The van der Waals surface area contributed by atoms with Crippen LogP contribution in [0.25, 0.3) is 0 Å². The number of aliphatic imine (C=N–C) groups is 1. The number of rotatable bonds is 4. The van der Waals surface area contributed by atoms with Crippen molar-refractivity contribution >= 4 is 29.9 Å². The summed E-state index contributed by atoms with van der Waals surface area (Å²) < 4.78 is 19.4. The molecule has 0 spiro atoms. The van der Waals surface area contributed by atoms with Crippen LogP contribution in [-0.4, -0.2) is 36.4 Å². The lowest BCUT2D eigenvalue weighted by atomic mass is 9.55. The number of halogens is 2. The van der Waals surface area contributed by atoms with Crippen molar-refractivity contribution in [2.75, 3.05) is 13.2 Å². The molecule has 3 unspecified atom stereocenters. The summed E-state index contributed by atoms with van der Waals surface area (Å²) in [4.78, 5) is 4.58. The number of benzene rings is 1. The molecule has 1 aliphatic carbocycles. The molecular formula is C19H29FIN3O2. The van der Waals surface area contributed by atoms with E-state index in [-0.39, 0.29) is 35.1 Å². The van der Waals surface area contributed by atoms with E-state index in [1.165, 1.54) is 18.6 Å². The Balaban J connectivity index is 0.00000243. The zero-order valence-electron chi connectivity index (χ0n) is 15.6. The quantitative estimate of drug-likeness (QED) is 0.354. The highest BCUT2D eigenvalue weighted by atomic mass is 127. The number of aromatic hydroxyl groups is 1. The Labute approximate surface area is 171 Å². The molecule has 0 aromatic heterocycles. The summed E-state index contributed by atoms with van der Waals surface area (Å²) in [6, 6.07) is 4.68. The summed E-state index contributed by atoms with van der Waals surface area (Å²) in [6.07, 6.45) is 2.59. The number of ether oxygens (including phenoxy) is 1. The monoisotopic (exact) mass is 477 g/mol. The lowest BCUT2D eigenvalue weighted by Crippen LogP contribution is -2.71. The maximum absolute atomic E-state index is 13.5. The third-order valence-corrected chi connectivity index (χ3v) is 5.40. The first-order chi connectivity index (χ1) is 11.9. The number of fused-ring (bicyclic) bond motifs is 1. The number of nitrogens with zero attached hydrogens (tertiary/aromatic N) is 1. The SMILES string of the molecule is CCNC(=NCc1ccc(O)c(F)c1)NC1C2CCCOC2C1(C)C.I. The molecule has 1 aromatic rings. The summed E-state index contributed by atoms with van der Waals surface area (Å²) in [7, 11) is 0. The van der Waals surface area contributed by atoms with Crippen LogP contribution >= 0.6 is 24.0 Å². The molecule has 1 aliphatic heterocycles. The minimum atomic E-state index is -0.618. The van der Waals surface area contributed by atoms with Crippen molar-refractivity contribution in [1.82, 2.24) is 10.6 Å². The Kier molecular flexibility index (Phi) is 7.12. The molecule has 7 heteroatoms. The lowest BCUT2D eigenvalue weighted by Gasteiger charge is -2.60. The number of nitrogens with one attached hydrogen (secondary N) is 2. The van der Waals surface area contributed by atoms with Crippen molar-refractivity contribution < 1.29 is 14.2 Å². The second kappa shape index (κ2) is 8.73. The molecule has 3 N–H and O–H groups in total. The Morgan fingerprint density at radius 1 is 1.42 bits per heavy atom. The Morgan fingerprint density at radius 2 is 2.19 bits per heavy atom. The van der Waals surface area contributed by atoms with E-state index in [2.05, 4.69) is 29.5 Å². The summed E-state index contributed by atoms with van der Waals surface area (Å²) in [6.45, 7) is 8.46. The Bertz CT molecular complexity index is 654. The van der Waals surface area contributed by atoms with Gasteiger partial charge in [0.05, 0.1) is 12.6 Å². The van der Waals surface area contributed by atoms with Crippen LogP contribution in [0.5, 0.6) is 5.75 Å². The molecule has 3 atom stereocenters. The number of hydrogen-bond acceptors (Lipinski definition) is 3. The van der Waals surface area contributed by atoms with E-state index < -0.39 is 5.82 Å². The molecule has 0 bridgehead atoms. The smallest absolute Gasteiger partial charge is 0.191 e. The number of hydrogen-bond donors (Lipinski definition) is 3. The number of phenolic OH excluding ortho intramolecular Hbond substituents is 1. The van der Waals surface area contributed by atoms with Gasteiger partial charge in [0.1, 0.15) is 0 Å². The minimum absolute atomic E-state index is 0. The molecule has 0 amide bonds. The van der Waals surface area contributed by atoms with E-state index in [1.807, 2.05) is 6.92 Å². The maximum atomic E-state index is 13.5. The van der Waals surface area contributed by atoms with E-state index in [4.69, 9.17) is 4.74 Å². The molecule has 2 fully saturated rings. The minimum Gasteiger partial charge on any atom is -0.505 e. The van der Waals surface area contributed by atoms with Crippen molar-refractivity contribution in [2.24, 2.45) is 16.3 Å². The van der Waals surface area contributed by atoms with Gasteiger partial charge in [0.15, 0.2) is 17.5 Å². The van der Waals surface area contributed by atoms with E-state index in [0.717, 1.165) is 31.1 Å². The van der Waals surface area contributed by atoms with E-state index in [1.54, 1.807) is 6.07 Å². The van der Waals surface area contributed by atoms with Crippen molar-refractivity contribution in [3.05, 3.63) is 29.6 Å². The van der Waals surface area contributed by atoms with Crippen LogP contribution < -0.4 is 10.6 Å². The zero-order valence-corrected chi connectivity index (χ0v) is 17.9. The Hall–Kier alpha value is -1.09. The second-order valence-corrected chi connectivity index (χ2v) is 7.52. The standard InChI is InChI=1S/C19H28FN3O2.HI/c1-4-21-18(22-11-12-7-8-15(24)14(20)10-12)23-16-13-6-5-9-25-17(13)19(16,2)3;/h7-8,10,13,16-17,24H,4-6,9,11H2,1-3H3,(H2,21,22,23);1H. The lowest BCUT2D eigenvalue weighted by molar-refractivity contribution is -0.188. The van der Waals surface area contributed by atoms with Gasteiger partial charge in [-0.3, -0.25) is 0 Å². The molecule has 26 heavy (non-hydrogen) atoms. The van der Waals surface area contributed by atoms with E-state index in [0.29, 0.717) is 24.6 Å². The normalized spacial score (nSPS) is 26.9. The van der Waals surface area contributed by atoms with Gasteiger partial charge >= 0.3 is 0 Å². The van der Waals surface area contributed by atoms with Gasteiger partial charge in [-0.05, 0) is 37.5 Å². The van der Waals surface area contributed by atoms with E-state index >= 15 is 0 Å². The summed E-state index contributed by atoms with van der Waals surface area (Å²) in [5, 5.41) is 16.1. The molecule has 5 nitrogen and oxygen atoms in total. The average molecular weight is 477 g/mol. The molecule has 1 heterocycles. The third-order valence-electron chi connectivity index (χ3n) is 5.40. The fraction of sp³-hybridized carbons (Fsp3) is 0.632.